The number of benzene rings is 1. The van der Waals surface area contributed by atoms with Gasteiger partial charge in [-0.25, -0.2) is 12.7 Å². The van der Waals surface area contributed by atoms with Crippen LogP contribution in [0.1, 0.15) is 13.3 Å². The van der Waals surface area contributed by atoms with Gasteiger partial charge >= 0.3 is 0 Å². The topological polar surface area (TPSA) is 49.4 Å². The van der Waals surface area contributed by atoms with E-state index in [4.69, 9.17) is 0 Å². The quantitative estimate of drug-likeness (QED) is 0.841. The smallest absolute Gasteiger partial charge is 0.242 e. The van der Waals surface area contributed by atoms with Crippen molar-refractivity contribution in [1.82, 2.24) is 4.31 Å². The Morgan fingerprint density at radius 1 is 1.26 bits per heavy atom. The number of hydrogen-bond donors (Lipinski definition) is 1. The Balaban J connectivity index is 2.72. The minimum Gasteiger partial charge on any atom is -0.383 e. The van der Waals surface area contributed by atoms with E-state index in [1.807, 2.05) is 23.9 Å². The van der Waals surface area contributed by atoms with Gasteiger partial charge in [-0.1, -0.05) is 0 Å². The van der Waals surface area contributed by atoms with E-state index < -0.39 is 10.0 Å². The van der Waals surface area contributed by atoms with E-state index >= 15 is 0 Å². The predicted molar refractivity (Wildman–Crippen MR) is 83.4 cm³/mol. The number of hydrogen-bond acceptors (Lipinski definition) is 4. The molecular weight excluding hydrogens is 280 g/mol. The first-order chi connectivity index (χ1) is 8.87. The van der Waals surface area contributed by atoms with Crippen LogP contribution in [0.2, 0.25) is 0 Å². The summed E-state index contributed by atoms with van der Waals surface area (Å²) in [5.41, 5.74) is 0.950. The monoisotopic (exact) mass is 302 g/mol. The van der Waals surface area contributed by atoms with Crippen LogP contribution in [0.5, 0.6) is 0 Å². The first-order valence-corrected chi connectivity index (χ1v) is 8.99. The van der Waals surface area contributed by atoms with E-state index in [0.29, 0.717) is 10.9 Å². The maximum atomic E-state index is 11.9. The molecule has 0 saturated heterocycles. The second kappa shape index (κ2) is 7.17. The lowest BCUT2D eigenvalue weighted by atomic mass is 10.2. The third kappa shape index (κ3) is 4.71. The molecule has 0 amide bonds. The number of thioether (sulfide) groups is 1. The van der Waals surface area contributed by atoms with Gasteiger partial charge in [0.15, 0.2) is 0 Å². The largest absolute Gasteiger partial charge is 0.383 e. The minimum absolute atomic E-state index is 0.319. The maximum absolute atomic E-state index is 11.9. The highest BCUT2D eigenvalue weighted by atomic mass is 32.2. The molecule has 1 rings (SSSR count). The molecule has 0 fully saturated rings. The fourth-order valence-corrected chi connectivity index (χ4v) is 3.08. The molecular formula is C13H22N2O2S2. The van der Waals surface area contributed by atoms with Crippen LogP contribution in [0.4, 0.5) is 5.69 Å². The van der Waals surface area contributed by atoms with Crippen LogP contribution < -0.4 is 5.32 Å². The van der Waals surface area contributed by atoms with Crippen LogP contribution in [-0.4, -0.2) is 44.9 Å². The summed E-state index contributed by atoms with van der Waals surface area (Å²) in [6.07, 6.45) is 3.17. The molecule has 1 aromatic rings. The standard InChI is InChI=1S/C13H22N2O2S2/c1-11(9-10-18-4)14-12-5-7-13(8-6-12)19(16,17)15(2)3/h5-8,11,14H,9-10H2,1-4H3. The summed E-state index contributed by atoms with van der Waals surface area (Å²) >= 11 is 1.82. The molecule has 0 spiro atoms. The van der Waals surface area contributed by atoms with Crippen molar-refractivity contribution in [2.75, 3.05) is 31.4 Å². The van der Waals surface area contributed by atoms with E-state index in [-0.39, 0.29) is 0 Å². The lowest BCUT2D eigenvalue weighted by molar-refractivity contribution is 0.521. The molecule has 19 heavy (non-hydrogen) atoms. The Kier molecular flexibility index (Phi) is 6.16. The molecule has 108 valence electrons. The molecule has 0 radical (unpaired) electrons. The van der Waals surface area contributed by atoms with E-state index in [2.05, 4.69) is 18.5 Å². The Bertz CT molecular complexity index is 484. The SMILES string of the molecule is CSCCC(C)Nc1ccc(S(=O)(=O)N(C)C)cc1. The van der Waals surface area contributed by atoms with Gasteiger partial charge in [0.05, 0.1) is 4.90 Å². The van der Waals surface area contributed by atoms with Crippen LogP contribution in [0.3, 0.4) is 0 Å². The Hall–Kier alpha value is -0.720. The zero-order chi connectivity index (χ0) is 14.5. The van der Waals surface area contributed by atoms with Crippen molar-refractivity contribution in [2.24, 2.45) is 0 Å². The van der Waals surface area contributed by atoms with E-state index in [1.54, 1.807) is 12.1 Å². The zero-order valence-corrected chi connectivity index (χ0v) is 13.5. The van der Waals surface area contributed by atoms with Crippen LogP contribution >= 0.6 is 11.8 Å². The summed E-state index contributed by atoms with van der Waals surface area (Å²) in [4.78, 5) is 0.319. The molecule has 0 aliphatic heterocycles. The number of nitrogens with zero attached hydrogens (tertiary/aromatic N) is 1. The molecule has 1 N–H and O–H groups in total. The molecule has 0 bridgehead atoms. The van der Waals surface area contributed by atoms with Gasteiger partial charge in [-0.2, -0.15) is 11.8 Å². The third-order valence-corrected chi connectivity index (χ3v) is 5.27. The minimum atomic E-state index is -3.33. The fourth-order valence-electron chi connectivity index (χ4n) is 1.59. The van der Waals surface area contributed by atoms with Gasteiger partial charge in [0, 0.05) is 25.8 Å². The summed E-state index contributed by atoms with van der Waals surface area (Å²) in [5.74, 6) is 1.11. The predicted octanol–water partition coefficient (Wildman–Crippen LogP) is 2.49. The van der Waals surface area contributed by atoms with Crippen molar-refractivity contribution in [3.63, 3.8) is 0 Å². The Morgan fingerprint density at radius 3 is 2.32 bits per heavy atom. The van der Waals surface area contributed by atoms with Crippen molar-refractivity contribution in [3.05, 3.63) is 24.3 Å². The second-order valence-electron chi connectivity index (χ2n) is 4.64. The third-order valence-electron chi connectivity index (χ3n) is 2.80. The van der Waals surface area contributed by atoms with Gasteiger partial charge in [0.1, 0.15) is 0 Å². The Labute approximate surface area is 120 Å². The number of sulfonamides is 1. The Morgan fingerprint density at radius 2 is 1.84 bits per heavy atom. The van der Waals surface area contributed by atoms with Crippen LogP contribution in [0, 0.1) is 0 Å². The van der Waals surface area contributed by atoms with Crippen molar-refractivity contribution in [2.45, 2.75) is 24.3 Å². The second-order valence-corrected chi connectivity index (χ2v) is 7.78. The van der Waals surface area contributed by atoms with Gasteiger partial charge < -0.3 is 5.32 Å². The first-order valence-electron chi connectivity index (χ1n) is 6.16. The summed E-state index contributed by atoms with van der Waals surface area (Å²) in [6.45, 7) is 2.13. The number of rotatable bonds is 7. The summed E-state index contributed by atoms with van der Waals surface area (Å²) in [5, 5.41) is 3.36. The summed E-state index contributed by atoms with van der Waals surface area (Å²) in [7, 11) is -0.267. The molecule has 6 heteroatoms. The summed E-state index contributed by atoms with van der Waals surface area (Å²) < 4.78 is 25.0. The van der Waals surface area contributed by atoms with Gasteiger partial charge in [0.2, 0.25) is 10.0 Å². The van der Waals surface area contributed by atoms with Gasteiger partial charge in [-0.15, -0.1) is 0 Å². The zero-order valence-electron chi connectivity index (χ0n) is 11.9. The summed E-state index contributed by atoms with van der Waals surface area (Å²) in [6, 6.07) is 7.28. The van der Waals surface area contributed by atoms with Crippen molar-refractivity contribution < 1.29 is 8.42 Å². The lowest BCUT2D eigenvalue weighted by Crippen LogP contribution is -2.22. The van der Waals surface area contributed by atoms with E-state index in [0.717, 1.165) is 17.9 Å². The number of anilines is 1. The van der Waals surface area contributed by atoms with Crippen molar-refractivity contribution >= 4 is 27.5 Å². The molecule has 1 unspecified atom stereocenters. The molecule has 0 aromatic heterocycles. The van der Waals surface area contributed by atoms with Crippen molar-refractivity contribution in [1.29, 1.82) is 0 Å². The van der Waals surface area contributed by atoms with E-state index in [9.17, 15) is 8.42 Å². The normalized spacial score (nSPS) is 13.5. The highest BCUT2D eigenvalue weighted by Crippen LogP contribution is 2.17. The van der Waals surface area contributed by atoms with Gasteiger partial charge in [-0.3, -0.25) is 0 Å². The van der Waals surface area contributed by atoms with E-state index in [1.165, 1.54) is 18.4 Å². The number of nitrogens with one attached hydrogen (secondary N) is 1. The van der Waals surface area contributed by atoms with Crippen LogP contribution in [-0.2, 0) is 10.0 Å². The van der Waals surface area contributed by atoms with Gasteiger partial charge in [-0.05, 0) is 49.6 Å². The highest BCUT2D eigenvalue weighted by molar-refractivity contribution is 7.98. The molecule has 0 saturated carbocycles. The molecule has 4 nitrogen and oxygen atoms in total. The van der Waals surface area contributed by atoms with Crippen molar-refractivity contribution in [3.8, 4) is 0 Å². The van der Waals surface area contributed by atoms with Crippen LogP contribution in [0.25, 0.3) is 0 Å². The molecule has 0 aliphatic rings. The first kappa shape index (κ1) is 16.3. The molecule has 1 aromatic carbocycles. The highest BCUT2D eigenvalue weighted by Gasteiger charge is 2.16. The van der Waals surface area contributed by atoms with Crippen LogP contribution in [0.15, 0.2) is 29.2 Å². The molecule has 0 aliphatic carbocycles. The molecule has 1 atom stereocenters. The maximum Gasteiger partial charge on any atom is 0.242 e. The van der Waals surface area contributed by atoms with Gasteiger partial charge in [0.25, 0.3) is 0 Å². The average Bonchev–Trinajstić information content (AvgIpc) is 2.36. The molecule has 0 heterocycles. The fraction of sp³-hybridized carbons (Fsp3) is 0.538. The lowest BCUT2D eigenvalue weighted by Gasteiger charge is -2.16. The average molecular weight is 302 g/mol.